The zero-order chi connectivity index (χ0) is 14.6. The Labute approximate surface area is 121 Å². The fourth-order valence-corrected chi connectivity index (χ4v) is 2.86. The van der Waals surface area contributed by atoms with E-state index in [1.54, 1.807) is 0 Å². The van der Waals surface area contributed by atoms with Crippen LogP contribution in [-0.2, 0) is 4.79 Å². The van der Waals surface area contributed by atoms with Crippen molar-refractivity contribution in [2.24, 2.45) is 10.8 Å². The molecule has 0 aliphatic heterocycles. The van der Waals surface area contributed by atoms with Crippen LogP contribution in [0, 0.1) is 10.8 Å². The van der Waals surface area contributed by atoms with Gasteiger partial charge in [-0.1, -0.05) is 32.0 Å². The van der Waals surface area contributed by atoms with Gasteiger partial charge < -0.3 is 9.84 Å². The van der Waals surface area contributed by atoms with E-state index >= 15 is 0 Å². The fourth-order valence-electron chi connectivity index (χ4n) is 2.86. The molecule has 1 aliphatic rings. The molecule has 1 aromatic rings. The molecular weight excluding hydrogens is 252 g/mol. The van der Waals surface area contributed by atoms with Gasteiger partial charge in [0.1, 0.15) is 5.75 Å². The van der Waals surface area contributed by atoms with Gasteiger partial charge in [-0.25, -0.2) is 0 Å². The molecule has 0 heterocycles. The summed E-state index contributed by atoms with van der Waals surface area (Å²) in [5.74, 6) is 0.147. The minimum Gasteiger partial charge on any atom is -0.494 e. The van der Waals surface area contributed by atoms with E-state index in [9.17, 15) is 9.90 Å². The summed E-state index contributed by atoms with van der Waals surface area (Å²) in [5.41, 5.74) is -0.316. The normalized spacial score (nSPS) is 20.3. The molecule has 110 valence electrons. The molecule has 1 saturated carbocycles. The minimum absolute atomic E-state index is 0.277. The highest BCUT2D eigenvalue weighted by molar-refractivity contribution is 5.74. The van der Waals surface area contributed by atoms with Crippen molar-refractivity contribution in [3.05, 3.63) is 30.3 Å². The van der Waals surface area contributed by atoms with Gasteiger partial charge in [0.25, 0.3) is 0 Å². The summed E-state index contributed by atoms with van der Waals surface area (Å²) < 4.78 is 5.67. The number of ether oxygens (including phenoxy) is 1. The Bertz CT molecular complexity index is 441. The van der Waals surface area contributed by atoms with Gasteiger partial charge in [0, 0.05) is 0 Å². The standard InChI is InChI=1S/C17H24O3/c1-16(2)8-10-17(11-9-16,15(18)19)12-13-20-14-6-4-3-5-7-14/h3-7H,8-13H2,1-2H3,(H,18,19). The summed E-state index contributed by atoms with van der Waals surface area (Å²) in [6.45, 7) is 4.91. The third-order valence-electron chi connectivity index (χ3n) is 4.61. The molecular formula is C17H24O3. The first kappa shape index (κ1) is 14.9. The summed E-state index contributed by atoms with van der Waals surface area (Å²) >= 11 is 0. The average Bonchev–Trinajstić information content (AvgIpc) is 2.42. The maximum Gasteiger partial charge on any atom is 0.309 e. The zero-order valence-corrected chi connectivity index (χ0v) is 12.4. The Balaban J connectivity index is 1.92. The second kappa shape index (κ2) is 5.86. The van der Waals surface area contributed by atoms with Crippen LogP contribution in [0.1, 0.15) is 46.0 Å². The van der Waals surface area contributed by atoms with E-state index in [0.29, 0.717) is 13.0 Å². The van der Waals surface area contributed by atoms with Crippen LogP contribution in [-0.4, -0.2) is 17.7 Å². The quantitative estimate of drug-likeness (QED) is 0.879. The molecule has 0 radical (unpaired) electrons. The molecule has 0 bridgehead atoms. The molecule has 0 spiro atoms. The number of aliphatic carboxylic acids is 1. The molecule has 3 nitrogen and oxygen atoms in total. The van der Waals surface area contributed by atoms with E-state index in [2.05, 4.69) is 13.8 Å². The monoisotopic (exact) mass is 276 g/mol. The van der Waals surface area contributed by atoms with Crippen molar-refractivity contribution in [2.45, 2.75) is 46.0 Å². The van der Waals surface area contributed by atoms with Crippen LogP contribution in [0.5, 0.6) is 5.75 Å². The number of carboxylic acids is 1. The second-order valence-corrected chi connectivity index (χ2v) is 6.66. The Hall–Kier alpha value is -1.51. The summed E-state index contributed by atoms with van der Waals surface area (Å²) in [7, 11) is 0. The highest BCUT2D eigenvalue weighted by Gasteiger charge is 2.43. The van der Waals surface area contributed by atoms with Crippen molar-refractivity contribution < 1.29 is 14.6 Å². The second-order valence-electron chi connectivity index (χ2n) is 6.66. The van der Waals surface area contributed by atoms with E-state index in [4.69, 9.17) is 4.74 Å². The molecule has 1 aromatic carbocycles. The van der Waals surface area contributed by atoms with Gasteiger partial charge in [0.15, 0.2) is 0 Å². The number of carboxylic acid groups (broad SMARTS) is 1. The number of hydrogen-bond acceptors (Lipinski definition) is 2. The van der Waals surface area contributed by atoms with Crippen LogP contribution in [0.15, 0.2) is 30.3 Å². The molecule has 1 aliphatic carbocycles. The molecule has 0 unspecified atom stereocenters. The van der Waals surface area contributed by atoms with Gasteiger partial charge in [-0.05, 0) is 49.7 Å². The summed E-state index contributed by atoms with van der Waals surface area (Å²) in [6, 6.07) is 9.58. The van der Waals surface area contributed by atoms with Crippen molar-refractivity contribution in [1.82, 2.24) is 0 Å². The summed E-state index contributed by atoms with van der Waals surface area (Å²) in [6.07, 6.45) is 4.06. The molecule has 0 atom stereocenters. The van der Waals surface area contributed by atoms with Crippen molar-refractivity contribution in [1.29, 1.82) is 0 Å². The van der Waals surface area contributed by atoms with Gasteiger partial charge in [0.2, 0.25) is 0 Å². The van der Waals surface area contributed by atoms with Crippen LogP contribution in [0.3, 0.4) is 0 Å². The number of para-hydroxylation sites is 1. The van der Waals surface area contributed by atoms with Crippen LogP contribution in [0.25, 0.3) is 0 Å². The number of carbonyl (C=O) groups is 1. The number of rotatable bonds is 5. The Kier molecular flexibility index (Phi) is 4.36. The van der Waals surface area contributed by atoms with Crippen LogP contribution < -0.4 is 4.74 Å². The first-order valence-electron chi connectivity index (χ1n) is 7.35. The lowest BCUT2D eigenvalue weighted by molar-refractivity contribution is -0.153. The molecule has 0 aromatic heterocycles. The smallest absolute Gasteiger partial charge is 0.309 e. The van der Waals surface area contributed by atoms with Crippen molar-refractivity contribution in [2.75, 3.05) is 6.61 Å². The summed E-state index contributed by atoms with van der Waals surface area (Å²) in [4.78, 5) is 11.7. The lowest BCUT2D eigenvalue weighted by Crippen LogP contribution is -2.39. The fraction of sp³-hybridized carbons (Fsp3) is 0.588. The largest absolute Gasteiger partial charge is 0.494 e. The van der Waals surface area contributed by atoms with Gasteiger partial charge in [0.05, 0.1) is 12.0 Å². The van der Waals surface area contributed by atoms with Crippen molar-refractivity contribution in [3.63, 3.8) is 0 Å². The molecule has 1 N–H and O–H groups in total. The highest BCUT2D eigenvalue weighted by Crippen LogP contribution is 2.47. The van der Waals surface area contributed by atoms with Crippen molar-refractivity contribution >= 4 is 5.97 Å². The molecule has 2 rings (SSSR count). The lowest BCUT2D eigenvalue weighted by atomic mass is 9.64. The minimum atomic E-state index is -0.662. The molecule has 0 saturated heterocycles. The highest BCUT2D eigenvalue weighted by atomic mass is 16.5. The Morgan fingerprint density at radius 1 is 1.15 bits per heavy atom. The molecule has 3 heteroatoms. The van der Waals surface area contributed by atoms with Gasteiger partial charge in [-0.2, -0.15) is 0 Å². The van der Waals surface area contributed by atoms with E-state index in [0.717, 1.165) is 31.4 Å². The van der Waals surface area contributed by atoms with E-state index in [1.807, 2.05) is 30.3 Å². The first-order chi connectivity index (χ1) is 9.44. The SMILES string of the molecule is CC1(C)CCC(CCOc2ccccc2)(C(=O)O)CC1. The Morgan fingerprint density at radius 2 is 1.75 bits per heavy atom. The average molecular weight is 276 g/mol. The van der Waals surface area contributed by atoms with Gasteiger partial charge >= 0.3 is 5.97 Å². The van der Waals surface area contributed by atoms with Gasteiger partial charge in [-0.15, -0.1) is 0 Å². The maximum atomic E-state index is 11.7. The van der Waals surface area contributed by atoms with Gasteiger partial charge in [-0.3, -0.25) is 4.79 Å². The first-order valence-corrected chi connectivity index (χ1v) is 7.35. The number of benzene rings is 1. The topological polar surface area (TPSA) is 46.5 Å². The number of hydrogen-bond donors (Lipinski definition) is 1. The van der Waals surface area contributed by atoms with Crippen LogP contribution in [0.4, 0.5) is 0 Å². The van der Waals surface area contributed by atoms with E-state index < -0.39 is 11.4 Å². The third kappa shape index (κ3) is 3.53. The predicted molar refractivity (Wildman–Crippen MR) is 78.9 cm³/mol. The molecule has 20 heavy (non-hydrogen) atoms. The third-order valence-corrected chi connectivity index (χ3v) is 4.61. The molecule has 0 amide bonds. The van der Waals surface area contributed by atoms with Crippen LogP contribution >= 0.6 is 0 Å². The summed E-state index contributed by atoms with van der Waals surface area (Å²) in [5, 5.41) is 9.60. The maximum absolute atomic E-state index is 11.7. The van der Waals surface area contributed by atoms with Crippen molar-refractivity contribution in [3.8, 4) is 5.75 Å². The Morgan fingerprint density at radius 3 is 2.30 bits per heavy atom. The van der Waals surface area contributed by atoms with Crippen LogP contribution in [0.2, 0.25) is 0 Å². The van der Waals surface area contributed by atoms with E-state index in [-0.39, 0.29) is 5.41 Å². The zero-order valence-electron chi connectivity index (χ0n) is 12.4. The van der Waals surface area contributed by atoms with E-state index in [1.165, 1.54) is 0 Å². The predicted octanol–water partition coefficient (Wildman–Crippen LogP) is 4.13. The molecule has 1 fully saturated rings. The lowest BCUT2D eigenvalue weighted by Gasteiger charge is -2.40.